The van der Waals surface area contributed by atoms with Gasteiger partial charge in [-0.3, -0.25) is 9.59 Å². The Morgan fingerprint density at radius 2 is 2.38 bits per heavy atom. The van der Waals surface area contributed by atoms with Gasteiger partial charge >= 0.3 is 0 Å². The third-order valence-electron chi connectivity index (χ3n) is 0.489. The quantitative estimate of drug-likeness (QED) is 0.422. The number of carbonyl (C=O) groups excluding carboxylic acids is 2. The second-order valence-corrected chi connectivity index (χ2v) is 1.42. The molecule has 0 atom stereocenters. The summed E-state index contributed by atoms with van der Waals surface area (Å²) in [5, 5.41) is 0. The molecular weight excluding hydrogens is 128 g/mol. The second kappa shape index (κ2) is 4.64. The Labute approximate surface area is 52.4 Å². The highest BCUT2D eigenvalue weighted by Gasteiger charge is 1.94. The maximum atomic E-state index is 10.2. The van der Waals surface area contributed by atoms with Crippen LogP contribution in [0.2, 0.25) is 0 Å². The van der Waals surface area contributed by atoms with Gasteiger partial charge in [0.15, 0.2) is 12.4 Å². The lowest BCUT2D eigenvalue weighted by Gasteiger charge is -1.90. The molecule has 0 fully saturated rings. The van der Waals surface area contributed by atoms with Crippen LogP contribution in [0.25, 0.3) is 0 Å². The van der Waals surface area contributed by atoms with E-state index in [0.29, 0.717) is 0 Å². The van der Waals surface area contributed by atoms with Gasteiger partial charge in [-0.2, -0.15) is 12.6 Å². The van der Waals surface area contributed by atoms with E-state index in [4.69, 9.17) is 0 Å². The van der Waals surface area contributed by atoms with Crippen LogP contribution in [-0.4, -0.2) is 24.6 Å². The molecule has 3 nitrogen and oxygen atoms in total. The van der Waals surface area contributed by atoms with Crippen LogP contribution in [-0.2, 0) is 14.3 Å². The summed E-state index contributed by atoms with van der Waals surface area (Å²) < 4.78 is 4.11. The van der Waals surface area contributed by atoms with Gasteiger partial charge in [0.05, 0.1) is 5.75 Å². The minimum Gasteiger partial charge on any atom is -0.460 e. The topological polar surface area (TPSA) is 43.4 Å². The second-order valence-electron chi connectivity index (χ2n) is 1.10. The fourth-order valence-corrected chi connectivity index (χ4v) is 0.264. The monoisotopic (exact) mass is 134 g/mol. The number of hydrogen-bond acceptors (Lipinski definition) is 4. The van der Waals surface area contributed by atoms with Gasteiger partial charge in [0.25, 0.3) is 6.47 Å². The van der Waals surface area contributed by atoms with Gasteiger partial charge in [-0.05, 0) is 0 Å². The lowest BCUT2D eigenvalue weighted by atomic mass is 10.5. The molecule has 0 aromatic heterocycles. The van der Waals surface area contributed by atoms with E-state index in [1.54, 1.807) is 0 Å². The Kier molecular flexibility index (Phi) is 4.35. The molecule has 0 aromatic carbocycles. The molecule has 0 aromatic rings. The third kappa shape index (κ3) is 3.67. The van der Waals surface area contributed by atoms with Crippen molar-refractivity contribution < 1.29 is 14.3 Å². The summed E-state index contributed by atoms with van der Waals surface area (Å²) >= 11 is 3.64. The molecule has 8 heavy (non-hydrogen) atoms. The molecule has 0 saturated heterocycles. The molecule has 0 aliphatic heterocycles. The summed E-state index contributed by atoms with van der Waals surface area (Å²) in [5.41, 5.74) is 0. The molecule has 4 heteroatoms. The molecule has 0 N–H and O–H groups in total. The van der Waals surface area contributed by atoms with E-state index >= 15 is 0 Å². The van der Waals surface area contributed by atoms with Gasteiger partial charge in [0.1, 0.15) is 0 Å². The summed E-state index contributed by atoms with van der Waals surface area (Å²) in [6.45, 7) is 0.0777. The van der Waals surface area contributed by atoms with Crippen LogP contribution in [0.4, 0.5) is 0 Å². The molecule has 0 amide bonds. The molecule has 0 saturated carbocycles. The van der Waals surface area contributed by atoms with E-state index < -0.39 is 0 Å². The zero-order chi connectivity index (χ0) is 6.41. The van der Waals surface area contributed by atoms with Crippen LogP contribution >= 0.6 is 12.6 Å². The van der Waals surface area contributed by atoms with Crippen LogP contribution in [0.3, 0.4) is 0 Å². The Balaban J connectivity index is 3.11. The highest BCUT2D eigenvalue weighted by atomic mass is 32.1. The van der Waals surface area contributed by atoms with Gasteiger partial charge in [0.2, 0.25) is 0 Å². The molecule has 46 valence electrons. The average molecular weight is 134 g/mol. The predicted octanol–water partition coefficient (Wildman–Crippen LogP) is -0.342. The van der Waals surface area contributed by atoms with Crippen molar-refractivity contribution in [1.29, 1.82) is 0 Å². The zero-order valence-corrected chi connectivity index (χ0v) is 5.06. The Morgan fingerprint density at radius 1 is 1.75 bits per heavy atom. The van der Waals surface area contributed by atoms with Crippen molar-refractivity contribution in [2.45, 2.75) is 0 Å². The maximum absolute atomic E-state index is 10.2. The molecule has 0 bridgehead atoms. The molecule has 0 aliphatic carbocycles. The van der Waals surface area contributed by atoms with Gasteiger partial charge in [-0.15, -0.1) is 0 Å². The van der Waals surface area contributed by atoms with Crippen LogP contribution < -0.4 is 0 Å². The Morgan fingerprint density at radius 3 is 2.75 bits per heavy atom. The van der Waals surface area contributed by atoms with Crippen molar-refractivity contribution in [1.82, 2.24) is 0 Å². The molecule has 0 radical (unpaired) electrons. The fraction of sp³-hybridized carbons (Fsp3) is 0.500. The highest BCUT2D eigenvalue weighted by molar-refractivity contribution is 7.81. The average Bonchev–Trinajstić information content (AvgIpc) is 1.83. The van der Waals surface area contributed by atoms with Gasteiger partial charge < -0.3 is 4.74 Å². The first-order valence-electron chi connectivity index (χ1n) is 1.99. The maximum Gasteiger partial charge on any atom is 0.293 e. The van der Waals surface area contributed by atoms with Crippen LogP contribution in [0.5, 0.6) is 0 Å². The number of ketones is 1. The minimum absolute atomic E-state index is 0.119. The van der Waals surface area contributed by atoms with Gasteiger partial charge in [-0.1, -0.05) is 0 Å². The number of rotatable bonds is 4. The number of carbonyl (C=O) groups is 2. The van der Waals surface area contributed by atoms with Crippen molar-refractivity contribution in [3.63, 3.8) is 0 Å². The normalized spacial score (nSPS) is 8.12. The van der Waals surface area contributed by atoms with E-state index in [0.717, 1.165) is 0 Å². The first kappa shape index (κ1) is 7.49. The molecular formula is C4H6O3S. The third-order valence-corrected chi connectivity index (χ3v) is 0.841. The van der Waals surface area contributed by atoms with Crippen molar-refractivity contribution in [2.24, 2.45) is 0 Å². The van der Waals surface area contributed by atoms with Crippen LogP contribution in [0.15, 0.2) is 0 Å². The molecule has 0 aliphatic rings. The highest BCUT2D eigenvalue weighted by Crippen LogP contribution is 1.77. The predicted molar refractivity (Wildman–Crippen MR) is 30.9 cm³/mol. The Bertz CT molecular complexity index is 91.3. The molecule has 0 heterocycles. The van der Waals surface area contributed by atoms with E-state index in [1.165, 1.54) is 0 Å². The number of ether oxygens (including phenoxy) is 1. The van der Waals surface area contributed by atoms with E-state index in [2.05, 4.69) is 17.4 Å². The van der Waals surface area contributed by atoms with Crippen molar-refractivity contribution in [2.75, 3.05) is 12.4 Å². The van der Waals surface area contributed by atoms with Gasteiger partial charge in [0, 0.05) is 0 Å². The summed E-state index contributed by atoms with van der Waals surface area (Å²) in [6.07, 6.45) is 0. The number of Topliss-reactive ketones (excluding diaryl/α,β-unsaturated/α-hetero) is 1. The summed E-state index contributed by atoms with van der Waals surface area (Å²) in [4.78, 5) is 19.6. The van der Waals surface area contributed by atoms with Gasteiger partial charge in [-0.25, -0.2) is 0 Å². The van der Waals surface area contributed by atoms with Crippen LogP contribution in [0, 0.1) is 0 Å². The molecule has 0 rings (SSSR count). The summed E-state index contributed by atoms with van der Waals surface area (Å²) in [5.74, 6) is -0.0752. The Hall–Kier alpha value is -0.510. The first-order valence-corrected chi connectivity index (χ1v) is 2.62. The lowest BCUT2D eigenvalue weighted by Crippen LogP contribution is -2.08. The molecule has 0 unspecified atom stereocenters. The zero-order valence-electron chi connectivity index (χ0n) is 4.16. The van der Waals surface area contributed by atoms with Crippen molar-refractivity contribution in [3.05, 3.63) is 0 Å². The van der Waals surface area contributed by atoms with E-state index in [-0.39, 0.29) is 24.6 Å². The van der Waals surface area contributed by atoms with E-state index in [9.17, 15) is 9.59 Å². The van der Waals surface area contributed by atoms with Crippen molar-refractivity contribution in [3.8, 4) is 0 Å². The standard InChI is InChI=1S/C4H6O3S/c5-3-7-1-4(6)2-8/h3,8H,1-2H2. The first-order chi connectivity index (χ1) is 3.81. The summed E-state index contributed by atoms with van der Waals surface area (Å²) in [7, 11) is 0. The lowest BCUT2D eigenvalue weighted by molar-refractivity contribution is -0.135. The molecule has 0 spiro atoms. The SMILES string of the molecule is O=COCC(=O)CS. The fourth-order valence-electron chi connectivity index (χ4n) is 0.173. The number of hydrogen-bond donors (Lipinski definition) is 1. The van der Waals surface area contributed by atoms with Crippen LogP contribution in [0.1, 0.15) is 0 Å². The number of thiol groups is 1. The minimum atomic E-state index is -0.194. The summed E-state index contributed by atoms with van der Waals surface area (Å²) in [6, 6.07) is 0. The largest absolute Gasteiger partial charge is 0.460 e. The van der Waals surface area contributed by atoms with E-state index in [1.807, 2.05) is 0 Å². The smallest absolute Gasteiger partial charge is 0.293 e. The van der Waals surface area contributed by atoms with Crippen molar-refractivity contribution >= 4 is 24.9 Å².